The first-order valence-electron chi connectivity index (χ1n) is 38.6. The largest absolute Gasteiger partial charge is 0.472 e. The van der Waals surface area contributed by atoms with Gasteiger partial charge in [0.15, 0.2) is 6.10 Å². The summed E-state index contributed by atoms with van der Waals surface area (Å²) >= 11 is 0. The van der Waals surface area contributed by atoms with Gasteiger partial charge in [0.05, 0.1) is 13.2 Å². The number of phosphoric ester groups is 1. The smallest absolute Gasteiger partial charge is 0.462 e. The van der Waals surface area contributed by atoms with Crippen LogP contribution in [0.5, 0.6) is 0 Å². The van der Waals surface area contributed by atoms with Crippen molar-refractivity contribution in [3.05, 3.63) is 170 Å². The molecule has 0 aromatic rings. The van der Waals surface area contributed by atoms with Crippen LogP contribution in [0, 0.1) is 0 Å². The zero-order chi connectivity index (χ0) is 68.6. The summed E-state index contributed by atoms with van der Waals surface area (Å²) in [5, 5.41) is 0. The Kier molecular flexibility index (Phi) is 74.5. The van der Waals surface area contributed by atoms with E-state index in [1.165, 1.54) is 154 Å². The van der Waals surface area contributed by atoms with Crippen LogP contribution < -0.4 is 5.73 Å². The molecule has 3 N–H and O–H groups in total. The normalized spacial score (nSPS) is 13.9. The van der Waals surface area contributed by atoms with Gasteiger partial charge in [-0.3, -0.25) is 18.6 Å². The number of ether oxygens (including phenoxy) is 2. The fraction of sp³-hybridized carbons (Fsp3) is 0.647. The maximum Gasteiger partial charge on any atom is 0.472 e. The number of nitrogens with two attached hydrogens (primary N) is 1. The number of unbranched alkanes of at least 4 members (excludes halogenated alkanes) is 30. The minimum atomic E-state index is -4.41. The van der Waals surface area contributed by atoms with Crippen LogP contribution in [-0.2, 0) is 32.7 Å². The van der Waals surface area contributed by atoms with Gasteiger partial charge < -0.3 is 20.1 Å². The highest BCUT2D eigenvalue weighted by Crippen LogP contribution is 2.43. The summed E-state index contributed by atoms with van der Waals surface area (Å²) in [7, 11) is -4.41. The Morgan fingerprint density at radius 3 is 0.811 bits per heavy atom. The molecule has 0 fully saturated rings. The zero-order valence-electron chi connectivity index (χ0n) is 60.8. The van der Waals surface area contributed by atoms with Crippen LogP contribution in [-0.4, -0.2) is 49.3 Å². The fourth-order valence-corrected chi connectivity index (χ4v) is 11.2. The maximum atomic E-state index is 12.8. The van der Waals surface area contributed by atoms with Gasteiger partial charge in [0, 0.05) is 19.4 Å². The molecule has 9 nitrogen and oxygen atoms in total. The molecule has 0 saturated carbocycles. The lowest BCUT2D eigenvalue weighted by molar-refractivity contribution is -0.161. The lowest BCUT2D eigenvalue weighted by Crippen LogP contribution is -2.29. The summed E-state index contributed by atoms with van der Waals surface area (Å²) in [5.74, 6) is -0.831. The van der Waals surface area contributed by atoms with E-state index in [4.69, 9.17) is 24.3 Å². The minimum absolute atomic E-state index is 0.0468. The first kappa shape index (κ1) is 90.4. The van der Waals surface area contributed by atoms with E-state index in [0.29, 0.717) is 6.42 Å². The van der Waals surface area contributed by atoms with E-state index in [1.54, 1.807) is 0 Å². The third-order valence-electron chi connectivity index (χ3n) is 16.1. The molecule has 10 heteroatoms. The van der Waals surface area contributed by atoms with Crippen LogP contribution in [0.3, 0.4) is 0 Å². The van der Waals surface area contributed by atoms with E-state index >= 15 is 0 Å². The number of phosphoric acid groups is 1. The summed E-state index contributed by atoms with van der Waals surface area (Å²) in [6, 6.07) is 0. The average molecular weight is 1340 g/mol. The molecule has 0 aromatic carbocycles. The van der Waals surface area contributed by atoms with Crippen molar-refractivity contribution in [2.75, 3.05) is 26.4 Å². The van der Waals surface area contributed by atoms with E-state index in [1.807, 2.05) is 0 Å². The van der Waals surface area contributed by atoms with Crippen LogP contribution >= 0.6 is 7.82 Å². The summed E-state index contributed by atoms with van der Waals surface area (Å²) in [6.45, 7) is 3.53. The monoisotopic (exact) mass is 1340 g/mol. The molecule has 95 heavy (non-hydrogen) atoms. The zero-order valence-corrected chi connectivity index (χ0v) is 61.7. The maximum absolute atomic E-state index is 12.8. The molecule has 0 radical (unpaired) electrons. The number of carbonyl (C=O) groups is 2. The van der Waals surface area contributed by atoms with Gasteiger partial charge >= 0.3 is 19.8 Å². The van der Waals surface area contributed by atoms with Crippen molar-refractivity contribution in [3.8, 4) is 0 Å². The van der Waals surface area contributed by atoms with Gasteiger partial charge in [-0.25, -0.2) is 4.57 Å². The van der Waals surface area contributed by atoms with Crippen molar-refractivity contribution in [3.63, 3.8) is 0 Å². The third-order valence-corrected chi connectivity index (χ3v) is 17.1. The van der Waals surface area contributed by atoms with Gasteiger partial charge in [0.2, 0.25) is 0 Å². The first-order chi connectivity index (χ1) is 46.8. The van der Waals surface area contributed by atoms with Crippen molar-refractivity contribution < 1.29 is 37.6 Å². The second-order valence-corrected chi connectivity index (χ2v) is 26.6. The molecule has 0 rings (SSSR count). The van der Waals surface area contributed by atoms with E-state index in [-0.39, 0.29) is 38.6 Å². The third kappa shape index (κ3) is 78.3. The second kappa shape index (κ2) is 78.4. The highest BCUT2D eigenvalue weighted by molar-refractivity contribution is 7.47. The Hall–Kier alpha value is -4.63. The summed E-state index contributed by atoms with van der Waals surface area (Å²) in [6.07, 6.45) is 116. The van der Waals surface area contributed by atoms with Crippen molar-refractivity contribution in [1.29, 1.82) is 0 Å². The molecule has 0 spiro atoms. The number of carbonyl (C=O) groups excluding carboxylic acids is 2. The molecule has 0 amide bonds. The number of hydrogen-bond donors (Lipinski definition) is 2. The van der Waals surface area contributed by atoms with Crippen LogP contribution in [0.1, 0.15) is 322 Å². The Labute approximate surface area is 584 Å². The Morgan fingerprint density at radius 1 is 0.316 bits per heavy atom. The van der Waals surface area contributed by atoms with Crippen molar-refractivity contribution in [1.82, 2.24) is 0 Å². The quantitative estimate of drug-likeness (QED) is 0.0264. The number of rotatable bonds is 71. The van der Waals surface area contributed by atoms with Gasteiger partial charge in [0.1, 0.15) is 6.61 Å². The topological polar surface area (TPSA) is 134 Å². The van der Waals surface area contributed by atoms with E-state index < -0.39 is 26.5 Å². The average Bonchev–Trinajstić information content (AvgIpc) is 3.32. The number of allylic oxidation sites excluding steroid dienone is 28. The highest BCUT2D eigenvalue weighted by atomic mass is 31.2. The van der Waals surface area contributed by atoms with Gasteiger partial charge in [-0.15, -0.1) is 0 Å². The fourth-order valence-electron chi connectivity index (χ4n) is 10.5. The predicted octanol–water partition coefficient (Wildman–Crippen LogP) is 26.1. The molecular weight excluding hydrogens is 1190 g/mol. The summed E-state index contributed by atoms with van der Waals surface area (Å²) in [5.41, 5.74) is 5.41. The molecule has 0 aromatic heterocycles. The van der Waals surface area contributed by atoms with E-state index in [0.717, 1.165) is 135 Å². The van der Waals surface area contributed by atoms with Crippen molar-refractivity contribution in [2.24, 2.45) is 5.73 Å². The number of esters is 2. The molecule has 0 aliphatic heterocycles. The van der Waals surface area contributed by atoms with Gasteiger partial charge in [-0.2, -0.15) is 0 Å². The van der Waals surface area contributed by atoms with Crippen LogP contribution in [0.25, 0.3) is 0 Å². The molecule has 0 saturated heterocycles. The Bertz CT molecular complexity index is 2170. The van der Waals surface area contributed by atoms with Crippen molar-refractivity contribution in [2.45, 2.75) is 328 Å². The van der Waals surface area contributed by atoms with Crippen molar-refractivity contribution >= 4 is 19.8 Å². The molecule has 0 aliphatic carbocycles. The SMILES string of the molecule is CC/C=C\C/C=C\C/C=C\C/C=C\C/C=C\C/C=C\C/C=C\C/C=C\CCCCCCCCCCCCC(=O)OC(COC(=O)CCCCCCCCCCCCCCCCCCCCCC/C=C\C/C=C\C/C=C\C/C=C\C/C=C\C/C=C\CC)COP(=O)(O)OCCN. The summed E-state index contributed by atoms with van der Waals surface area (Å²) < 4.78 is 33.2. The van der Waals surface area contributed by atoms with Gasteiger partial charge in [-0.05, 0) is 128 Å². The predicted molar refractivity (Wildman–Crippen MR) is 413 cm³/mol. The number of hydrogen-bond acceptors (Lipinski definition) is 8. The lowest BCUT2D eigenvalue weighted by atomic mass is 10.0. The van der Waals surface area contributed by atoms with Crippen LogP contribution in [0.4, 0.5) is 0 Å². The standard InChI is InChI=1S/C85H142NO8P/c1-3-5-7-9-11-13-15-17-19-21-23-25-27-29-31-33-35-37-39-40-41-42-44-45-47-49-51-53-55-57-59-61-63-65-67-69-71-73-75-77-84(87)91-81-83(82-93-95(89,90)92-80-79-86)94-85(88)78-76-74-72-70-68-66-64-62-60-58-56-54-52-50-48-46-43-38-36-34-32-30-28-26-24-22-20-18-16-14-12-10-8-6-4-2/h5-8,11-14,17-20,23-26,29-32,35-38,46,48,52,54,83H,3-4,9-10,15-16,21-22,27-28,33-34,39-45,47,49-51,53,55-82,86H2,1-2H3,(H,89,90)/b7-5-,8-6-,13-11-,14-12-,19-17-,20-18-,25-23-,26-24-,31-29-,32-30-,37-35-,38-36-,48-46-,54-52-. The first-order valence-corrected chi connectivity index (χ1v) is 40.1. The molecule has 2 unspecified atom stereocenters. The molecule has 0 heterocycles. The van der Waals surface area contributed by atoms with E-state index in [2.05, 4.69) is 184 Å². The lowest BCUT2D eigenvalue weighted by Gasteiger charge is -2.19. The van der Waals surface area contributed by atoms with Gasteiger partial charge in [-0.1, -0.05) is 351 Å². The second-order valence-electron chi connectivity index (χ2n) is 25.1. The molecular formula is C85H142NO8P. The van der Waals surface area contributed by atoms with Crippen LogP contribution in [0.15, 0.2) is 170 Å². The molecule has 540 valence electrons. The minimum Gasteiger partial charge on any atom is -0.462 e. The summed E-state index contributed by atoms with van der Waals surface area (Å²) in [4.78, 5) is 35.5. The Morgan fingerprint density at radius 2 is 0.547 bits per heavy atom. The van der Waals surface area contributed by atoms with Gasteiger partial charge in [0.25, 0.3) is 0 Å². The molecule has 2 atom stereocenters. The Balaban J connectivity index is 3.87. The molecule has 0 bridgehead atoms. The van der Waals surface area contributed by atoms with Crippen LogP contribution in [0.2, 0.25) is 0 Å². The highest BCUT2D eigenvalue weighted by Gasteiger charge is 2.26. The van der Waals surface area contributed by atoms with E-state index in [9.17, 15) is 19.0 Å². The molecule has 0 aliphatic rings.